The monoisotopic (exact) mass is 472 g/mol. The van der Waals surface area contributed by atoms with Crippen molar-refractivity contribution in [3.8, 4) is 0 Å². The van der Waals surface area contributed by atoms with Crippen molar-refractivity contribution in [3.05, 3.63) is 50.4 Å². The van der Waals surface area contributed by atoms with E-state index < -0.39 is 11.7 Å². The van der Waals surface area contributed by atoms with Crippen molar-refractivity contribution in [1.29, 1.82) is 0 Å². The molecule has 0 saturated heterocycles. The number of ether oxygens (including phenoxy) is 1. The number of nitrogens with zero attached hydrogens (tertiary/aromatic N) is 3. The Bertz CT molecular complexity index is 1230. The number of aryl methyl sites for hydroxylation is 2. The summed E-state index contributed by atoms with van der Waals surface area (Å²) in [6, 6.07) is 3.62. The van der Waals surface area contributed by atoms with Crippen LogP contribution in [0.15, 0.2) is 28.3 Å². The Labute approximate surface area is 193 Å². The molecule has 3 aromatic heterocycles. The van der Waals surface area contributed by atoms with E-state index >= 15 is 0 Å². The number of hydrogen-bond donors (Lipinski definition) is 1. The summed E-state index contributed by atoms with van der Waals surface area (Å²) in [6.07, 6.45) is 6.57. The highest BCUT2D eigenvalue weighted by atomic mass is 32.2. The van der Waals surface area contributed by atoms with Gasteiger partial charge in [-0.2, -0.15) is 4.98 Å². The van der Waals surface area contributed by atoms with Gasteiger partial charge in [0, 0.05) is 11.1 Å². The van der Waals surface area contributed by atoms with Crippen molar-refractivity contribution in [1.82, 2.24) is 14.4 Å². The average molecular weight is 473 g/mol. The Morgan fingerprint density at radius 1 is 1.25 bits per heavy atom. The van der Waals surface area contributed by atoms with Crippen LogP contribution in [0.25, 0.3) is 5.65 Å². The van der Waals surface area contributed by atoms with E-state index in [4.69, 9.17) is 4.74 Å². The number of rotatable bonds is 6. The molecule has 0 atom stereocenters. The Balaban J connectivity index is 1.52. The molecule has 0 bridgehead atoms. The summed E-state index contributed by atoms with van der Waals surface area (Å²) < 4.78 is 6.64. The third-order valence-electron chi connectivity index (χ3n) is 5.25. The summed E-state index contributed by atoms with van der Waals surface area (Å²) in [6.45, 7) is 3.91. The second-order valence-corrected chi connectivity index (χ2v) is 9.55. The SMILES string of the molecule is CCOC(=O)c1c(NC(=O)CSc2nc(=O)n3cccc(C)c3n2)sc2c1CCCCC2. The zero-order chi connectivity index (χ0) is 22.7. The maximum Gasteiger partial charge on any atom is 0.355 e. The number of esters is 1. The maximum atomic E-state index is 12.7. The van der Waals surface area contributed by atoms with Crippen LogP contribution in [0, 0.1) is 6.92 Å². The normalized spacial score (nSPS) is 13.4. The molecule has 4 rings (SSSR count). The van der Waals surface area contributed by atoms with Crippen LogP contribution in [0.4, 0.5) is 5.00 Å². The highest BCUT2D eigenvalue weighted by Gasteiger charge is 2.26. The van der Waals surface area contributed by atoms with E-state index in [1.807, 2.05) is 13.0 Å². The minimum absolute atomic E-state index is 0.0202. The molecule has 3 aromatic rings. The lowest BCUT2D eigenvalue weighted by Crippen LogP contribution is -2.21. The Morgan fingerprint density at radius 2 is 2.06 bits per heavy atom. The zero-order valence-electron chi connectivity index (χ0n) is 18.0. The summed E-state index contributed by atoms with van der Waals surface area (Å²) >= 11 is 2.55. The molecule has 0 unspecified atom stereocenters. The quantitative estimate of drug-likeness (QED) is 0.332. The van der Waals surface area contributed by atoms with Crippen molar-refractivity contribution in [2.24, 2.45) is 0 Å². The highest BCUT2D eigenvalue weighted by Crippen LogP contribution is 2.38. The van der Waals surface area contributed by atoms with Crippen LogP contribution in [0.5, 0.6) is 0 Å². The number of carbonyl (C=O) groups excluding carboxylic acids is 2. The number of aromatic nitrogens is 3. The van der Waals surface area contributed by atoms with E-state index in [1.165, 1.54) is 15.7 Å². The molecular formula is C22H24N4O4S2. The highest BCUT2D eigenvalue weighted by molar-refractivity contribution is 7.99. The minimum Gasteiger partial charge on any atom is -0.462 e. The number of thioether (sulfide) groups is 1. The van der Waals surface area contributed by atoms with Crippen LogP contribution in [-0.2, 0) is 22.4 Å². The van der Waals surface area contributed by atoms with E-state index in [2.05, 4.69) is 15.3 Å². The number of anilines is 1. The molecule has 10 heteroatoms. The van der Waals surface area contributed by atoms with Crippen molar-refractivity contribution >= 4 is 45.6 Å². The second kappa shape index (κ2) is 9.83. The predicted octanol–water partition coefficient (Wildman–Crippen LogP) is 3.64. The van der Waals surface area contributed by atoms with Crippen LogP contribution >= 0.6 is 23.1 Å². The molecule has 32 heavy (non-hydrogen) atoms. The lowest BCUT2D eigenvalue weighted by Gasteiger charge is -2.08. The molecule has 3 heterocycles. The number of thiophene rings is 1. The van der Waals surface area contributed by atoms with Gasteiger partial charge in [0.15, 0.2) is 5.16 Å². The molecule has 1 aliphatic carbocycles. The van der Waals surface area contributed by atoms with Gasteiger partial charge in [-0.1, -0.05) is 24.2 Å². The Kier molecular flexibility index (Phi) is 6.90. The molecule has 0 aliphatic heterocycles. The summed E-state index contributed by atoms with van der Waals surface area (Å²) in [5.41, 5.74) is 2.42. The van der Waals surface area contributed by atoms with Crippen molar-refractivity contribution in [2.75, 3.05) is 17.7 Å². The summed E-state index contributed by atoms with van der Waals surface area (Å²) in [7, 11) is 0. The largest absolute Gasteiger partial charge is 0.462 e. The number of pyridine rings is 1. The molecule has 0 radical (unpaired) electrons. The number of nitrogens with one attached hydrogen (secondary N) is 1. The molecule has 0 spiro atoms. The van der Waals surface area contributed by atoms with Gasteiger partial charge in [-0.25, -0.2) is 14.6 Å². The number of hydrogen-bond acceptors (Lipinski definition) is 8. The van der Waals surface area contributed by atoms with Gasteiger partial charge >= 0.3 is 11.7 Å². The molecular weight excluding hydrogens is 448 g/mol. The number of amides is 1. The first-order chi connectivity index (χ1) is 15.5. The van der Waals surface area contributed by atoms with E-state index in [0.29, 0.717) is 16.2 Å². The van der Waals surface area contributed by atoms with Gasteiger partial charge in [0.1, 0.15) is 10.6 Å². The predicted molar refractivity (Wildman–Crippen MR) is 125 cm³/mol. The van der Waals surface area contributed by atoms with Gasteiger partial charge in [0.05, 0.1) is 17.9 Å². The zero-order valence-corrected chi connectivity index (χ0v) is 19.6. The van der Waals surface area contributed by atoms with Crippen LogP contribution in [-0.4, -0.2) is 38.6 Å². The number of fused-ring (bicyclic) bond motifs is 2. The van der Waals surface area contributed by atoms with Gasteiger partial charge in [-0.05, 0) is 56.7 Å². The molecule has 1 amide bonds. The molecule has 1 aliphatic rings. The summed E-state index contributed by atoms with van der Waals surface area (Å²) in [4.78, 5) is 47.1. The van der Waals surface area contributed by atoms with Gasteiger partial charge in [-0.15, -0.1) is 11.3 Å². The fraction of sp³-hybridized carbons (Fsp3) is 0.409. The average Bonchev–Trinajstić information content (AvgIpc) is 2.93. The third kappa shape index (κ3) is 4.71. The van der Waals surface area contributed by atoms with E-state index in [1.54, 1.807) is 19.2 Å². The smallest absolute Gasteiger partial charge is 0.355 e. The molecule has 0 aromatic carbocycles. The first-order valence-corrected chi connectivity index (χ1v) is 12.4. The maximum absolute atomic E-state index is 12.7. The minimum atomic E-state index is -0.437. The molecule has 8 nitrogen and oxygen atoms in total. The molecule has 1 N–H and O–H groups in total. The van der Waals surface area contributed by atoms with E-state index in [0.717, 1.165) is 59.9 Å². The lowest BCUT2D eigenvalue weighted by molar-refractivity contribution is -0.113. The van der Waals surface area contributed by atoms with Crippen LogP contribution in [0.1, 0.15) is 52.5 Å². The Morgan fingerprint density at radius 3 is 2.88 bits per heavy atom. The van der Waals surface area contributed by atoms with Gasteiger partial charge in [-0.3, -0.25) is 9.20 Å². The fourth-order valence-electron chi connectivity index (χ4n) is 3.76. The lowest BCUT2D eigenvalue weighted by atomic mass is 10.1. The van der Waals surface area contributed by atoms with E-state index in [9.17, 15) is 14.4 Å². The number of carbonyl (C=O) groups is 2. The summed E-state index contributed by atoms with van der Waals surface area (Å²) in [5.74, 6) is -0.659. The standard InChI is InChI=1S/C22H24N4O4S2/c1-3-30-20(28)17-14-9-5-4-6-10-15(14)32-19(17)23-16(27)12-31-21-24-18-13(2)8-7-11-26(18)22(29)25-21/h7-8,11H,3-6,9-10,12H2,1-2H3,(H,23,27). The van der Waals surface area contributed by atoms with Gasteiger partial charge in [0.25, 0.3) is 0 Å². The Hall–Kier alpha value is -2.72. The topological polar surface area (TPSA) is 103 Å². The molecule has 168 valence electrons. The fourth-order valence-corrected chi connectivity index (χ4v) is 5.68. The van der Waals surface area contributed by atoms with Crippen molar-refractivity contribution in [3.63, 3.8) is 0 Å². The molecule has 0 fully saturated rings. The third-order valence-corrected chi connectivity index (χ3v) is 7.30. The first kappa shape index (κ1) is 22.5. The summed E-state index contributed by atoms with van der Waals surface area (Å²) in [5, 5.41) is 3.66. The van der Waals surface area contributed by atoms with Crippen LogP contribution in [0.2, 0.25) is 0 Å². The van der Waals surface area contributed by atoms with Gasteiger partial charge in [0.2, 0.25) is 5.91 Å². The van der Waals surface area contributed by atoms with Gasteiger partial charge < -0.3 is 10.1 Å². The second-order valence-electron chi connectivity index (χ2n) is 7.50. The van der Waals surface area contributed by atoms with Crippen molar-refractivity contribution < 1.29 is 14.3 Å². The van der Waals surface area contributed by atoms with Crippen LogP contribution in [0.3, 0.4) is 0 Å². The molecule has 0 saturated carbocycles. The van der Waals surface area contributed by atoms with E-state index in [-0.39, 0.29) is 23.4 Å². The first-order valence-electron chi connectivity index (χ1n) is 10.6. The van der Waals surface area contributed by atoms with Crippen LogP contribution < -0.4 is 11.0 Å². The van der Waals surface area contributed by atoms with Crippen molar-refractivity contribution in [2.45, 2.75) is 51.1 Å².